The molecule has 0 aliphatic rings. The van der Waals surface area contributed by atoms with Gasteiger partial charge in [-0.1, -0.05) is 110 Å². The molecule has 158 valence electrons. The van der Waals surface area contributed by atoms with E-state index in [0.29, 0.717) is 0 Å². The van der Waals surface area contributed by atoms with Crippen LogP contribution in [0.25, 0.3) is 0 Å². The van der Waals surface area contributed by atoms with Gasteiger partial charge in [-0.25, -0.2) is 8.42 Å². The van der Waals surface area contributed by atoms with E-state index in [1.54, 1.807) is 0 Å². The van der Waals surface area contributed by atoms with E-state index in [1.807, 2.05) is 0 Å². The van der Waals surface area contributed by atoms with E-state index in [4.69, 9.17) is 0 Å². The summed E-state index contributed by atoms with van der Waals surface area (Å²) in [6, 6.07) is 0. The Morgan fingerprint density at radius 2 is 1.00 bits per heavy atom. The summed E-state index contributed by atoms with van der Waals surface area (Å²) in [6.07, 6.45) is 21.0. The fourth-order valence-corrected chi connectivity index (χ4v) is 3.81. The van der Waals surface area contributed by atoms with Gasteiger partial charge in [-0.15, -0.1) is 0 Å². The first kappa shape index (κ1) is 30.7. The molecule has 0 aromatic rings. The van der Waals surface area contributed by atoms with Crippen molar-refractivity contribution in [1.82, 2.24) is 0 Å². The summed E-state index contributed by atoms with van der Waals surface area (Å²) in [5, 5.41) is 0. The Morgan fingerprint density at radius 3 is 1.37 bits per heavy atom. The van der Waals surface area contributed by atoms with Gasteiger partial charge in [0.05, 0.1) is 6.61 Å². The zero-order valence-corrected chi connectivity index (χ0v) is 22.3. The van der Waals surface area contributed by atoms with E-state index < -0.39 is 10.4 Å². The smallest absolute Gasteiger partial charge is 0.726 e. The zero-order valence-electron chi connectivity index (χ0n) is 18.3. The van der Waals surface area contributed by atoms with E-state index in [-0.39, 0.29) is 63.9 Å². The number of hydrogen-bond acceptors (Lipinski definition) is 4. The van der Waals surface area contributed by atoms with Crippen molar-refractivity contribution in [1.29, 1.82) is 0 Å². The van der Waals surface area contributed by atoms with Crippen molar-refractivity contribution < 1.29 is 68.5 Å². The predicted molar refractivity (Wildman–Crippen MR) is 109 cm³/mol. The summed E-state index contributed by atoms with van der Waals surface area (Å²) >= 11 is 0. The molecule has 0 aliphatic carbocycles. The van der Waals surface area contributed by atoms with Crippen LogP contribution in [0.5, 0.6) is 0 Å². The van der Waals surface area contributed by atoms with Crippen LogP contribution in [0.2, 0.25) is 0 Å². The van der Waals surface area contributed by atoms with Crippen molar-refractivity contribution in [2.75, 3.05) is 6.61 Å². The average molecular weight is 431 g/mol. The summed E-state index contributed by atoms with van der Waals surface area (Å²) in [7, 11) is -4.56. The molecule has 4 nitrogen and oxygen atoms in total. The molecule has 0 amide bonds. The Morgan fingerprint density at radius 1 is 0.667 bits per heavy atom. The molecule has 0 N–H and O–H groups in total. The normalized spacial score (nSPS) is 12.7. The fraction of sp³-hybridized carbons (Fsp3) is 1.00. The Labute approximate surface area is 212 Å². The van der Waals surface area contributed by atoms with Gasteiger partial charge >= 0.3 is 51.4 Å². The quantitative estimate of drug-likeness (QED) is 0.128. The van der Waals surface area contributed by atoms with Crippen LogP contribution >= 0.6 is 0 Å². The van der Waals surface area contributed by atoms with Gasteiger partial charge in [0, 0.05) is 0 Å². The molecule has 1 unspecified atom stereocenters. The summed E-state index contributed by atoms with van der Waals surface area (Å²) in [5.74, 6) is 0.203. The van der Waals surface area contributed by atoms with Crippen LogP contribution in [0, 0.1) is 5.92 Å². The SMILES string of the molecule is CCCCCCCCCCCCCC(CCCCCC)COS(=O)(=O)[O-].[K+]. The third-order valence-corrected chi connectivity index (χ3v) is 5.55. The average Bonchev–Trinajstić information content (AvgIpc) is 2.59. The van der Waals surface area contributed by atoms with Gasteiger partial charge in [0.1, 0.15) is 0 Å². The molecule has 0 heterocycles. The Bertz CT molecular complexity index is 388. The second-order valence-electron chi connectivity index (χ2n) is 7.73. The fourth-order valence-electron chi connectivity index (χ4n) is 3.45. The van der Waals surface area contributed by atoms with E-state index >= 15 is 0 Å². The van der Waals surface area contributed by atoms with Crippen molar-refractivity contribution in [2.24, 2.45) is 5.92 Å². The molecule has 27 heavy (non-hydrogen) atoms. The maximum Gasteiger partial charge on any atom is 1.00 e. The third kappa shape index (κ3) is 25.5. The minimum absolute atomic E-state index is 0. The summed E-state index contributed by atoms with van der Waals surface area (Å²) in [5.41, 5.74) is 0. The van der Waals surface area contributed by atoms with Crippen LogP contribution < -0.4 is 51.4 Å². The molecule has 0 saturated carbocycles. The molecule has 0 spiro atoms. The predicted octanol–water partition coefficient (Wildman–Crippen LogP) is 3.75. The van der Waals surface area contributed by atoms with Gasteiger partial charge in [-0.05, 0) is 18.8 Å². The van der Waals surface area contributed by atoms with Gasteiger partial charge in [-0.2, -0.15) is 0 Å². The Balaban J connectivity index is 0. The van der Waals surface area contributed by atoms with Crippen molar-refractivity contribution in [3.05, 3.63) is 0 Å². The largest absolute Gasteiger partial charge is 1.00 e. The van der Waals surface area contributed by atoms with Gasteiger partial charge in [-0.3, -0.25) is 4.18 Å². The number of rotatable bonds is 20. The van der Waals surface area contributed by atoms with E-state index in [0.717, 1.165) is 25.7 Å². The van der Waals surface area contributed by atoms with Crippen LogP contribution in [0.15, 0.2) is 0 Å². The molecule has 1 atom stereocenters. The molecule has 0 aromatic heterocycles. The molecule has 0 bridgehead atoms. The molecule has 0 aromatic carbocycles. The second kappa shape index (κ2) is 22.2. The van der Waals surface area contributed by atoms with Gasteiger partial charge < -0.3 is 4.55 Å². The minimum Gasteiger partial charge on any atom is -0.726 e. The summed E-state index contributed by atoms with van der Waals surface area (Å²) < 4.78 is 36.6. The van der Waals surface area contributed by atoms with Crippen molar-refractivity contribution in [2.45, 2.75) is 123 Å². The number of unbranched alkanes of at least 4 members (excludes halogenated alkanes) is 13. The molecular formula is C21H43KO4S. The van der Waals surface area contributed by atoms with Crippen molar-refractivity contribution in [3.63, 3.8) is 0 Å². The van der Waals surface area contributed by atoms with Crippen LogP contribution in [-0.4, -0.2) is 19.6 Å². The van der Waals surface area contributed by atoms with Crippen LogP contribution in [-0.2, 0) is 14.6 Å². The third-order valence-electron chi connectivity index (χ3n) is 5.13. The first-order chi connectivity index (χ1) is 12.5. The molecule has 0 fully saturated rings. The summed E-state index contributed by atoms with van der Waals surface area (Å²) in [6.45, 7) is 4.49. The molecule has 0 rings (SSSR count). The van der Waals surface area contributed by atoms with Crippen LogP contribution in [0.3, 0.4) is 0 Å². The van der Waals surface area contributed by atoms with Crippen LogP contribution in [0.4, 0.5) is 0 Å². The summed E-state index contributed by atoms with van der Waals surface area (Å²) in [4.78, 5) is 0. The monoisotopic (exact) mass is 430 g/mol. The Kier molecular flexibility index (Phi) is 25.2. The first-order valence-electron chi connectivity index (χ1n) is 11.1. The molecule has 0 aliphatic heterocycles. The van der Waals surface area contributed by atoms with Crippen molar-refractivity contribution >= 4 is 10.4 Å². The van der Waals surface area contributed by atoms with Gasteiger partial charge in [0.25, 0.3) is 0 Å². The second-order valence-corrected chi connectivity index (χ2v) is 8.78. The van der Waals surface area contributed by atoms with Gasteiger partial charge in [0.2, 0.25) is 10.4 Å². The molecule has 0 saturated heterocycles. The number of hydrogen-bond donors (Lipinski definition) is 0. The van der Waals surface area contributed by atoms with Gasteiger partial charge in [0.15, 0.2) is 0 Å². The maximum absolute atomic E-state index is 10.7. The minimum atomic E-state index is -4.56. The van der Waals surface area contributed by atoms with E-state index in [9.17, 15) is 13.0 Å². The van der Waals surface area contributed by atoms with E-state index in [2.05, 4.69) is 18.0 Å². The van der Waals surface area contributed by atoms with Crippen LogP contribution in [0.1, 0.15) is 123 Å². The maximum atomic E-state index is 10.7. The topological polar surface area (TPSA) is 66.4 Å². The standard InChI is InChI=1S/C21H44O4S.K/c1-3-5-7-9-10-11-12-13-14-15-17-19-21(18-16-8-6-4-2)20-25-26(22,23)24;/h21H,3-20H2,1-2H3,(H,22,23,24);/q;+1/p-1. The first-order valence-corrected chi connectivity index (χ1v) is 12.4. The van der Waals surface area contributed by atoms with E-state index in [1.165, 1.54) is 83.5 Å². The molecule has 0 radical (unpaired) electrons. The van der Waals surface area contributed by atoms with Crippen molar-refractivity contribution in [3.8, 4) is 0 Å². The molecule has 6 heteroatoms. The molecular weight excluding hydrogens is 387 g/mol. The Hall–Kier alpha value is 1.51. The zero-order chi connectivity index (χ0) is 19.5.